The van der Waals surface area contributed by atoms with Crippen LogP contribution < -0.4 is 0 Å². The quantitative estimate of drug-likeness (QED) is 0.833. The maximum Gasteiger partial charge on any atom is 0.219 e. The van der Waals surface area contributed by atoms with Crippen LogP contribution in [0.25, 0.3) is 0 Å². The number of aryl methyl sites for hydroxylation is 1. The topological polar surface area (TPSA) is 23.6 Å². The number of nitrogens with zero attached hydrogens (tertiary/aromatic N) is 2. The minimum Gasteiger partial charge on any atom is -0.343 e. The minimum atomic E-state index is 0.178. The summed E-state index contributed by atoms with van der Waals surface area (Å²) in [5.41, 5.74) is 2.78. The van der Waals surface area contributed by atoms with E-state index >= 15 is 0 Å². The predicted octanol–water partition coefficient (Wildman–Crippen LogP) is 2.44. The van der Waals surface area contributed by atoms with E-state index in [1.165, 1.54) is 11.1 Å². The van der Waals surface area contributed by atoms with E-state index in [2.05, 4.69) is 36.1 Å². The average Bonchev–Trinajstić information content (AvgIpc) is 2.41. The summed E-state index contributed by atoms with van der Waals surface area (Å²) < 4.78 is 0. The number of piperidine rings is 1. The van der Waals surface area contributed by atoms with Crippen molar-refractivity contribution in [3.63, 3.8) is 0 Å². The van der Waals surface area contributed by atoms with Crippen LogP contribution >= 0.6 is 0 Å². The first-order valence-electron chi connectivity index (χ1n) is 7.08. The van der Waals surface area contributed by atoms with Crippen molar-refractivity contribution in [2.45, 2.75) is 39.3 Å². The second kappa shape index (κ2) is 6.20. The van der Waals surface area contributed by atoms with Crippen LogP contribution in [-0.4, -0.2) is 41.9 Å². The standard InChI is InChI=1S/C16H24N2O/c1-13-6-4-5-7-15(13)12-18-10-8-16(9-11-18)17(3)14(2)19/h4-7,16H,8-12H2,1-3H3. The van der Waals surface area contributed by atoms with Crippen molar-refractivity contribution in [3.8, 4) is 0 Å². The molecule has 0 aliphatic carbocycles. The van der Waals surface area contributed by atoms with Gasteiger partial charge in [0.1, 0.15) is 0 Å². The van der Waals surface area contributed by atoms with Gasteiger partial charge in [-0.3, -0.25) is 9.69 Å². The van der Waals surface area contributed by atoms with Gasteiger partial charge in [-0.2, -0.15) is 0 Å². The zero-order valence-electron chi connectivity index (χ0n) is 12.2. The van der Waals surface area contributed by atoms with Gasteiger partial charge in [-0.1, -0.05) is 24.3 Å². The van der Waals surface area contributed by atoms with Crippen LogP contribution in [0.1, 0.15) is 30.9 Å². The van der Waals surface area contributed by atoms with Gasteiger partial charge in [-0.25, -0.2) is 0 Å². The highest BCUT2D eigenvalue weighted by atomic mass is 16.2. The average molecular weight is 260 g/mol. The van der Waals surface area contributed by atoms with Gasteiger partial charge in [0, 0.05) is 39.6 Å². The number of carbonyl (C=O) groups excluding carboxylic acids is 1. The monoisotopic (exact) mass is 260 g/mol. The SMILES string of the molecule is CC(=O)N(C)C1CCN(Cc2ccccc2C)CC1. The molecule has 0 saturated carbocycles. The molecular weight excluding hydrogens is 236 g/mol. The van der Waals surface area contributed by atoms with Crippen molar-refractivity contribution in [2.24, 2.45) is 0 Å². The first-order valence-corrected chi connectivity index (χ1v) is 7.08. The Morgan fingerprint density at radius 2 is 1.95 bits per heavy atom. The minimum absolute atomic E-state index is 0.178. The Balaban J connectivity index is 1.87. The molecule has 19 heavy (non-hydrogen) atoms. The van der Waals surface area contributed by atoms with E-state index in [9.17, 15) is 4.79 Å². The molecular formula is C16H24N2O. The van der Waals surface area contributed by atoms with Crippen LogP contribution in [0.4, 0.5) is 0 Å². The molecule has 0 bridgehead atoms. The molecule has 1 heterocycles. The van der Waals surface area contributed by atoms with Crippen LogP contribution in [0, 0.1) is 6.92 Å². The van der Waals surface area contributed by atoms with E-state index in [0.29, 0.717) is 6.04 Å². The Morgan fingerprint density at radius 3 is 2.53 bits per heavy atom. The Hall–Kier alpha value is -1.35. The molecule has 1 aromatic rings. The van der Waals surface area contributed by atoms with Crippen molar-refractivity contribution >= 4 is 5.91 Å². The largest absolute Gasteiger partial charge is 0.343 e. The zero-order chi connectivity index (χ0) is 13.8. The summed E-state index contributed by atoms with van der Waals surface area (Å²) >= 11 is 0. The normalized spacial score (nSPS) is 17.4. The number of benzene rings is 1. The number of carbonyl (C=O) groups is 1. The summed E-state index contributed by atoms with van der Waals surface area (Å²) in [4.78, 5) is 15.8. The fourth-order valence-corrected chi connectivity index (χ4v) is 2.75. The molecule has 0 aromatic heterocycles. The van der Waals surface area contributed by atoms with E-state index in [-0.39, 0.29) is 5.91 Å². The molecule has 0 unspecified atom stereocenters. The second-order valence-corrected chi connectivity index (χ2v) is 5.56. The molecule has 0 spiro atoms. The molecule has 1 fully saturated rings. The fraction of sp³-hybridized carbons (Fsp3) is 0.562. The maximum atomic E-state index is 11.4. The van der Waals surface area contributed by atoms with Gasteiger partial charge >= 0.3 is 0 Å². The van der Waals surface area contributed by atoms with E-state index in [0.717, 1.165) is 32.5 Å². The first-order chi connectivity index (χ1) is 9.08. The van der Waals surface area contributed by atoms with Gasteiger partial charge in [-0.05, 0) is 30.9 Å². The van der Waals surface area contributed by atoms with Gasteiger partial charge in [0.15, 0.2) is 0 Å². The molecule has 0 atom stereocenters. The van der Waals surface area contributed by atoms with Gasteiger partial charge in [0.05, 0.1) is 0 Å². The highest BCUT2D eigenvalue weighted by Crippen LogP contribution is 2.18. The van der Waals surface area contributed by atoms with Gasteiger partial charge in [-0.15, -0.1) is 0 Å². The lowest BCUT2D eigenvalue weighted by Crippen LogP contribution is -2.44. The van der Waals surface area contributed by atoms with E-state index < -0.39 is 0 Å². The van der Waals surface area contributed by atoms with Gasteiger partial charge < -0.3 is 4.90 Å². The Kier molecular flexibility index (Phi) is 4.59. The molecule has 1 saturated heterocycles. The van der Waals surface area contributed by atoms with Crippen LogP contribution in [-0.2, 0) is 11.3 Å². The second-order valence-electron chi connectivity index (χ2n) is 5.56. The summed E-state index contributed by atoms with van der Waals surface area (Å²) in [6.45, 7) is 7.02. The third-order valence-corrected chi connectivity index (χ3v) is 4.26. The molecule has 3 nitrogen and oxygen atoms in total. The summed E-state index contributed by atoms with van der Waals surface area (Å²) in [6.07, 6.45) is 2.17. The molecule has 104 valence electrons. The smallest absolute Gasteiger partial charge is 0.219 e. The number of hydrogen-bond acceptors (Lipinski definition) is 2. The number of hydrogen-bond donors (Lipinski definition) is 0. The third-order valence-electron chi connectivity index (χ3n) is 4.26. The third kappa shape index (κ3) is 3.57. The van der Waals surface area contributed by atoms with Crippen molar-refractivity contribution in [2.75, 3.05) is 20.1 Å². The molecule has 1 amide bonds. The Bertz CT molecular complexity index is 436. The Labute approximate surface area is 116 Å². The van der Waals surface area contributed by atoms with Crippen LogP contribution in [0.2, 0.25) is 0 Å². The van der Waals surface area contributed by atoms with Crippen molar-refractivity contribution in [1.29, 1.82) is 0 Å². The molecule has 0 N–H and O–H groups in total. The van der Waals surface area contributed by atoms with Crippen molar-refractivity contribution in [3.05, 3.63) is 35.4 Å². The van der Waals surface area contributed by atoms with E-state index in [1.807, 2.05) is 11.9 Å². The summed E-state index contributed by atoms with van der Waals surface area (Å²) in [6, 6.07) is 9.01. The van der Waals surface area contributed by atoms with Gasteiger partial charge in [0.2, 0.25) is 5.91 Å². The van der Waals surface area contributed by atoms with Crippen LogP contribution in [0.3, 0.4) is 0 Å². The molecule has 1 aliphatic rings. The lowest BCUT2D eigenvalue weighted by molar-refractivity contribution is -0.130. The summed E-state index contributed by atoms with van der Waals surface area (Å²) in [7, 11) is 1.92. The summed E-state index contributed by atoms with van der Waals surface area (Å²) in [5.74, 6) is 0.178. The predicted molar refractivity (Wildman–Crippen MR) is 77.9 cm³/mol. The lowest BCUT2D eigenvalue weighted by atomic mass is 10.0. The zero-order valence-corrected chi connectivity index (χ0v) is 12.2. The van der Waals surface area contributed by atoms with Crippen LogP contribution in [0.5, 0.6) is 0 Å². The van der Waals surface area contributed by atoms with Crippen LogP contribution in [0.15, 0.2) is 24.3 Å². The highest BCUT2D eigenvalue weighted by Gasteiger charge is 2.23. The van der Waals surface area contributed by atoms with Crippen molar-refractivity contribution < 1.29 is 4.79 Å². The lowest BCUT2D eigenvalue weighted by Gasteiger charge is -2.36. The molecule has 2 rings (SSSR count). The fourth-order valence-electron chi connectivity index (χ4n) is 2.75. The first kappa shape index (κ1) is 14.1. The van der Waals surface area contributed by atoms with E-state index in [4.69, 9.17) is 0 Å². The van der Waals surface area contributed by atoms with Gasteiger partial charge in [0.25, 0.3) is 0 Å². The number of rotatable bonds is 3. The van der Waals surface area contributed by atoms with E-state index in [1.54, 1.807) is 6.92 Å². The highest BCUT2D eigenvalue weighted by molar-refractivity contribution is 5.73. The number of amides is 1. The molecule has 3 heteroatoms. The summed E-state index contributed by atoms with van der Waals surface area (Å²) in [5, 5.41) is 0. The molecule has 1 aliphatic heterocycles. The molecule has 1 aromatic carbocycles. The number of likely N-dealkylation sites (tertiary alicyclic amines) is 1. The maximum absolute atomic E-state index is 11.4. The Morgan fingerprint density at radius 1 is 1.32 bits per heavy atom. The van der Waals surface area contributed by atoms with Crippen molar-refractivity contribution in [1.82, 2.24) is 9.80 Å². The molecule has 0 radical (unpaired) electrons.